The van der Waals surface area contributed by atoms with Crippen molar-refractivity contribution in [3.8, 4) is 17.2 Å². The van der Waals surface area contributed by atoms with Gasteiger partial charge >= 0.3 is 6.18 Å². The van der Waals surface area contributed by atoms with Gasteiger partial charge in [0, 0.05) is 35.7 Å². The van der Waals surface area contributed by atoms with Gasteiger partial charge in [0.2, 0.25) is 11.7 Å². The highest BCUT2D eigenvalue weighted by Gasteiger charge is 2.41. The molecule has 180 valence electrons. The highest BCUT2D eigenvalue weighted by atomic mass is 19.4. The normalized spacial score (nSPS) is 18.6. The first-order chi connectivity index (χ1) is 16.2. The monoisotopic (exact) mass is 475 g/mol. The summed E-state index contributed by atoms with van der Waals surface area (Å²) < 4.78 is 56.2. The lowest BCUT2D eigenvalue weighted by molar-refractivity contribution is -0.137. The smallest absolute Gasteiger partial charge is 0.416 e. The van der Waals surface area contributed by atoms with Crippen LogP contribution in [-0.4, -0.2) is 33.0 Å². The first kappa shape index (κ1) is 23.7. The van der Waals surface area contributed by atoms with E-state index in [4.69, 9.17) is 14.2 Å². The summed E-state index contributed by atoms with van der Waals surface area (Å²) in [4.78, 5) is 27.7. The zero-order valence-electron chi connectivity index (χ0n) is 19.0. The van der Waals surface area contributed by atoms with Gasteiger partial charge in [0.15, 0.2) is 17.3 Å². The van der Waals surface area contributed by atoms with Gasteiger partial charge in [-0.2, -0.15) is 13.2 Å². The van der Waals surface area contributed by atoms with Crippen LogP contribution in [0.3, 0.4) is 0 Å². The number of allylic oxidation sites excluding steroid dienone is 2. The Morgan fingerprint density at radius 3 is 2.21 bits per heavy atom. The maximum absolute atomic E-state index is 13.3. The van der Waals surface area contributed by atoms with Gasteiger partial charge in [-0.25, -0.2) is 0 Å². The summed E-state index contributed by atoms with van der Waals surface area (Å²) in [6, 6.07) is 8.02. The molecule has 0 N–H and O–H groups in total. The molecular formula is C25H24F3NO5. The van der Waals surface area contributed by atoms with E-state index >= 15 is 0 Å². The molecule has 1 heterocycles. The predicted octanol–water partition coefficient (Wildman–Crippen LogP) is 5.26. The van der Waals surface area contributed by atoms with Crippen molar-refractivity contribution in [1.29, 1.82) is 0 Å². The van der Waals surface area contributed by atoms with Crippen molar-refractivity contribution in [2.24, 2.45) is 0 Å². The minimum absolute atomic E-state index is 0.0839. The fraction of sp³-hybridized carbons (Fsp3) is 0.360. The lowest BCUT2D eigenvalue weighted by Crippen LogP contribution is -2.40. The van der Waals surface area contributed by atoms with E-state index in [9.17, 15) is 22.8 Å². The molecule has 34 heavy (non-hydrogen) atoms. The number of amides is 1. The van der Waals surface area contributed by atoms with Crippen molar-refractivity contribution >= 4 is 17.4 Å². The number of ether oxygens (including phenoxy) is 3. The molecule has 2 aliphatic rings. The molecule has 0 radical (unpaired) electrons. The van der Waals surface area contributed by atoms with Crippen LogP contribution in [0.5, 0.6) is 17.2 Å². The fourth-order valence-electron chi connectivity index (χ4n) is 4.70. The number of carbonyl (C=O) groups is 2. The van der Waals surface area contributed by atoms with Crippen LogP contribution in [0, 0.1) is 0 Å². The van der Waals surface area contributed by atoms with Crippen LogP contribution in [-0.2, 0) is 15.8 Å². The first-order valence-corrected chi connectivity index (χ1v) is 10.8. The van der Waals surface area contributed by atoms with Crippen molar-refractivity contribution in [2.45, 2.75) is 37.8 Å². The van der Waals surface area contributed by atoms with E-state index in [-0.39, 0.29) is 23.8 Å². The van der Waals surface area contributed by atoms with Gasteiger partial charge in [0.1, 0.15) is 0 Å². The zero-order chi connectivity index (χ0) is 24.6. The molecule has 0 aromatic heterocycles. The van der Waals surface area contributed by atoms with Gasteiger partial charge in [0.05, 0.1) is 26.9 Å². The predicted molar refractivity (Wildman–Crippen MR) is 118 cm³/mol. The molecule has 1 aliphatic carbocycles. The molecule has 0 spiro atoms. The van der Waals surface area contributed by atoms with Crippen molar-refractivity contribution in [3.05, 3.63) is 58.8 Å². The second kappa shape index (κ2) is 9.04. The number of nitrogens with zero attached hydrogens (tertiary/aromatic N) is 1. The summed E-state index contributed by atoms with van der Waals surface area (Å²) in [6.45, 7) is 0. The van der Waals surface area contributed by atoms with E-state index in [1.165, 1.54) is 38.4 Å². The highest BCUT2D eigenvalue weighted by molar-refractivity contribution is 6.07. The molecule has 0 bridgehead atoms. The van der Waals surface area contributed by atoms with Crippen LogP contribution >= 0.6 is 0 Å². The van der Waals surface area contributed by atoms with Gasteiger partial charge in [0.25, 0.3) is 0 Å². The number of rotatable bonds is 5. The molecule has 1 unspecified atom stereocenters. The summed E-state index contributed by atoms with van der Waals surface area (Å²) in [5, 5.41) is 0. The average molecular weight is 475 g/mol. The summed E-state index contributed by atoms with van der Waals surface area (Å²) in [7, 11) is 4.42. The number of carbonyl (C=O) groups excluding carboxylic acids is 2. The molecule has 4 rings (SSSR count). The number of anilines is 1. The van der Waals surface area contributed by atoms with Crippen LogP contribution in [0.15, 0.2) is 47.7 Å². The summed E-state index contributed by atoms with van der Waals surface area (Å²) in [5.74, 6) is 0.0674. The summed E-state index contributed by atoms with van der Waals surface area (Å²) in [6.07, 6.45) is -3.40. The van der Waals surface area contributed by atoms with Crippen LogP contribution < -0.4 is 19.1 Å². The average Bonchev–Trinajstić information content (AvgIpc) is 2.82. The molecule has 0 fully saturated rings. The number of Topliss-reactive ketones (excluding diaryl/α,β-unsaturated/α-hetero) is 1. The third-order valence-corrected chi connectivity index (χ3v) is 6.20. The molecule has 2 aromatic carbocycles. The minimum Gasteiger partial charge on any atom is -0.493 e. The molecule has 9 heteroatoms. The van der Waals surface area contributed by atoms with E-state index in [1.807, 2.05) is 0 Å². The standard InChI is InChI=1S/C25H24F3NO5/c1-32-20-10-14(11-21(33-2)24(20)34-3)17-13-22(31)29(18-8-5-9-19(30)23(17)18)16-7-4-6-15(12-16)25(26,27)28/h4,6-7,10-12,17H,5,8-9,13H2,1-3H3. The van der Waals surface area contributed by atoms with Crippen molar-refractivity contribution in [2.75, 3.05) is 26.2 Å². The van der Waals surface area contributed by atoms with Crippen molar-refractivity contribution in [1.82, 2.24) is 0 Å². The molecular weight excluding hydrogens is 451 g/mol. The third-order valence-electron chi connectivity index (χ3n) is 6.20. The molecule has 1 amide bonds. The van der Waals surface area contributed by atoms with Crippen molar-refractivity contribution in [3.63, 3.8) is 0 Å². The number of alkyl halides is 3. The second-order valence-corrected chi connectivity index (χ2v) is 8.13. The SMILES string of the molecule is COc1cc(C2CC(=O)N(c3cccc(C(F)(F)F)c3)C3=C2C(=O)CCC3)cc(OC)c1OC. The molecule has 2 aromatic rings. The zero-order valence-corrected chi connectivity index (χ0v) is 19.0. The number of methoxy groups -OCH3 is 3. The first-order valence-electron chi connectivity index (χ1n) is 10.8. The van der Waals surface area contributed by atoms with E-state index in [2.05, 4.69) is 0 Å². The van der Waals surface area contributed by atoms with Gasteiger partial charge in [-0.3, -0.25) is 14.5 Å². The highest BCUT2D eigenvalue weighted by Crippen LogP contribution is 2.47. The number of hydrogen-bond donors (Lipinski definition) is 0. The number of halogens is 3. The maximum Gasteiger partial charge on any atom is 0.416 e. The van der Waals surface area contributed by atoms with E-state index in [1.54, 1.807) is 12.1 Å². The Hall–Kier alpha value is -3.49. The maximum atomic E-state index is 13.3. The Morgan fingerprint density at radius 2 is 1.62 bits per heavy atom. The van der Waals surface area contributed by atoms with Crippen LogP contribution in [0.4, 0.5) is 18.9 Å². The Balaban J connectivity index is 1.87. The third kappa shape index (κ3) is 4.10. The van der Waals surface area contributed by atoms with Crippen LogP contribution in [0.1, 0.15) is 42.7 Å². The Kier molecular flexibility index (Phi) is 6.29. The van der Waals surface area contributed by atoms with Gasteiger partial charge in [-0.05, 0) is 48.7 Å². The molecule has 0 saturated heterocycles. The molecule has 6 nitrogen and oxygen atoms in total. The number of hydrogen-bond acceptors (Lipinski definition) is 5. The second-order valence-electron chi connectivity index (χ2n) is 8.13. The quantitative estimate of drug-likeness (QED) is 0.591. The van der Waals surface area contributed by atoms with Gasteiger partial charge < -0.3 is 14.2 Å². The topological polar surface area (TPSA) is 65.1 Å². The van der Waals surface area contributed by atoms with Crippen LogP contribution in [0.2, 0.25) is 0 Å². The Labute approximate surface area is 194 Å². The number of benzene rings is 2. The largest absolute Gasteiger partial charge is 0.493 e. The lowest BCUT2D eigenvalue weighted by atomic mass is 9.77. The fourth-order valence-corrected chi connectivity index (χ4v) is 4.70. The van der Waals surface area contributed by atoms with E-state index < -0.39 is 17.7 Å². The number of ketones is 1. The van der Waals surface area contributed by atoms with Gasteiger partial charge in [-0.1, -0.05) is 6.07 Å². The van der Waals surface area contributed by atoms with Crippen molar-refractivity contribution < 1.29 is 37.0 Å². The van der Waals surface area contributed by atoms with Gasteiger partial charge in [-0.15, -0.1) is 0 Å². The summed E-state index contributed by atoms with van der Waals surface area (Å²) >= 11 is 0. The molecule has 0 saturated carbocycles. The Bertz CT molecular complexity index is 1150. The van der Waals surface area contributed by atoms with E-state index in [0.717, 1.165) is 12.1 Å². The summed E-state index contributed by atoms with van der Waals surface area (Å²) in [5.41, 5.74) is 0.775. The molecule has 1 aliphatic heterocycles. The molecule has 1 atom stereocenters. The van der Waals surface area contributed by atoms with E-state index in [0.29, 0.717) is 53.3 Å². The minimum atomic E-state index is -4.55. The lowest BCUT2D eigenvalue weighted by Gasteiger charge is -2.38. The Morgan fingerprint density at radius 1 is 0.941 bits per heavy atom. The van der Waals surface area contributed by atoms with Crippen LogP contribution in [0.25, 0.3) is 0 Å².